The van der Waals surface area contributed by atoms with Gasteiger partial charge in [0.05, 0.1) is 11.6 Å². The van der Waals surface area contributed by atoms with Gasteiger partial charge in [-0.05, 0) is 31.4 Å². The summed E-state index contributed by atoms with van der Waals surface area (Å²) in [6.45, 7) is 4.83. The van der Waals surface area contributed by atoms with Crippen LogP contribution in [0.25, 0.3) is 11.0 Å². The molecule has 126 valence electrons. The molecule has 1 unspecified atom stereocenters. The van der Waals surface area contributed by atoms with E-state index in [9.17, 15) is 9.59 Å². The highest BCUT2D eigenvalue weighted by Gasteiger charge is 2.51. The smallest absolute Gasteiger partial charge is 0.272 e. The molecule has 1 atom stereocenters. The predicted molar refractivity (Wildman–Crippen MR) is 88.3 cm³/mol. The third-order valence-electron chi connectivity index (χ3n) is 5.26. The molecule has 0 aromatic carbocycles. The molecule has 7 nitrogen and oxygen atoms in total. The van der Waals surface area contributed by atoms with E-state index < -0.39 is 0 Å². The molecule has 2 aromatic heterocycles. The SMILES string of the molecule is CCCN1CCC2(CCN(C(=O)c3ccc4cn[nH]c4n3)C2)C1=O. The van der Waals surface area contributed by atoms with E-state index >= 15 is 0 Å². The zero-order chi connectivity index (χ0) is 16.7. The van der Waals surface area contributed by atoms with Crippen LogP contribution in [0.5, 0.6) is 0 Å². The zero-order valence-electron chi connectivity index (χ0n) is 13.8. The number of aromatic nitrogens is 3. The van der Waals surface area contributed by atoms with Crippen molar-refractivity contribution >= 4 is 22.8 Å². The molecule has 7 heteroatoms. The molecule has 2 aliphatic heterocycles. The fourth-order valence-electron chi connectivity index (χ4n) is 3.91. The molecule has 0 bridgehead atoms. The second-order valence-electron chi connectivity index (χ2n) is 6.80. The van der Waals surface area contributed by atoms with E-state index in [4.69, 9.17) is 0 Å². The number of rotatable bonds is 3. The average molecular weight is 327 g/mol. The van der Waals surface area contributed by atoms with Gasteiger partial charge < -0.3 is 9.80 Å². The number of nitrogens with zero attached hydrogens (tertiary/aromatic N) is 4. The predicted octanol–water partition coefficient (Wildman–Crippen LogP) is 1.43. The van der Waals surface area contributed by atoms with Gasteiger partial charge in [-0.1, -0.05) is 6.92 Å². The number of amides is 2. The number of aromatic amines is 1. The Morgan fingerprint density at radius 3 is 3.00 bits per heavy atom. The molecule has 2 saturated heterocycles. The molecule has 2 amide bonds. The Kier molecular flexibility index (Phi) is 3.51. The lowest BCUT2D eigenvalue weighted by Crippen LogP contribution is -2.38. The van der Waals surface area contributed by atoms with Crippen molar-refractivity contribution in [3.05, 3.63) is 24.0 Å². The molecule has 2 aromatic rings. The van der Waals surface area contributed by atoms with Crippen LogP contribution in [-0.2, 0) is 4.79 Å². The zero-order valence-corrected chi connectivity index (χ0v) is 13.8. The Morgan fingerprint density at radius 2 is 2.17 bits per heavy atom. The monoisotopic (exact) mass is 327 g/mol. The number of nitrogens with one attached hydrogen (secondary N) is 1. The first kappa shape index (κ1) is 15.1. The Morgan fingerprint density at radius 1 is 1.33 bits per heavy atom. The van der Waals surface area contributed by atoms with Gasteiger partial charge in [0.1, 0.15) is 5.69 Å². The van der Waals surface area contributed by atoms with Gasteiger partial charge in [-0.15, -0.1) is 0 Å². The van der Waals surface area contributed by atoms with Crippen molar-refractivity contribution < 1.29 is 9.59 Å². The standard InChI is InChI=1S/C17H21N5O2/c1-2-7-21-8-5-17(16(21)24)6-9-22(11-17)15(23)13-4-3-12-10-18-20-14(12)19-13/h3-4,10H,2,5-9,11H2,1H3,(H,18,19,20). The lowest BCUT2D eigenvalue weighted by atomic mass is 9.85. The summed E-state index contributed by atoms with van der Waals surface area (Å²) < 4.78 is 0. The van der Waals surface area contributed by atoms with Crippen molar-refractivity contribution in [3.8, 4) is 0 Å². The maximum atomic E-state index is 12.8. The molecular formula is C17H21N5O2. The first-order valence-corrected chi connectivity index (χ1v) is 8.52. The quantitative estimate of drug-likeness (QED) is 0.924. The van der Waals surface area contributed by atoms with Crippen molar-refractivity contribution in [2.24, 2.45) is 5.41 Å². The molecule has 4 rings (SSSR count). The maximum absolute atomic E-state index is 12.8. The van der Waals surface area contributed by atoms with Crippen molar-refractivity contribution in [3.63, 3.8) is 0 Å². The van der Waals surface area contributed by atoms with Gasteiger partial charge in [0, 0.05) is 31.6 Å². The minimum absolute atomic E-state index is 0.106. The van der Waals surface area contributed by atoms with E-state index in [1.807, 2.05) is 11.0 Å². The van der Waals surface area contributed by atoms with Gasteiger partial charge in [0.2, 0.25) is 5.91 Å². The van der Waals surface area contributed by atoms with E-state index in [0.717, 1.165) is 37.7 Å². The highest BCUT2D eigenvalue weighted by molar-refractivity contribution is 5.95. The highest BCUT2D eigenvalue weighted by atomic mass is 16.2. The summed E-state index contributed by atoms with van der Waals surface area (Å²) in [5.74, 6) is 0.113. The van der Waals surface area contributed by atoms with Gasteiger partial charge in [-0.2, -0.15) is 5.10 Å². The average Bonchev–Trinajstić information content (AvgIpc) is 3.30. The fraction of sp³-hybridized carbons (Fsp3) is 0.529. The largest absolute Gasteiger partial charge is 0.342 e. The van der Waals surface area contributed by atoms with Gasteiger partial charge in [0.25, 0.3) is 5.91 Å². The van der Waals surface area contributed by atoms with E-state index in [2.05, 4.69) is 22.1 Å². The van der Waals surface area contributed by atoms with Gasteiger partial charge in [0.15, 0.2) is 5.65 Å². The Labute approximate surface area is 140 Å². The van der Waals surface area contributed by atoms with E-state index in [0.29, 0.717) is 24.4 Å². The summed E-state index contributed by atoms with van der Waals surface area (Å²) >= 11 is 0. The van der Waals surface area contributed by atoms with E-state index in [1.54, 1.807) is 17.2 Å². The van der Waals surface area contributed by atoms with Crippen LogP contribution in [0, 0.1) is 5.41 Å². The lowest BCUT2D eigenvalue weighted by molar-refractivity contribution is -0.135. The number of carbonyl (C=O) groups is 2. The van der Waals surface area contributed by atoms with Crippen LogP contribution in [0.2, 0.25) is 0 Å². The number of H-pyrrole nitrogens is 1. The normalized spacial score (nSPS) is 23.8. The van der Waals surface area contributed by atoms with Crippen LogP contribution in [0.3, 0.4) is 0 Å². The number of pyridine rings is 1. The Hall–Kier alpha value is -2.44. The molecule has 2 aliphatic rings. The van der Waals surface area contributed by atoms with Gasteiger partial charge in [-0.25, -0.2) is 4.98 Å². The number of fused-ring (bicyclic) bond motifs is 1. The molecular weight excluding hydrogens is 306 g/mol. The van der Waals surface area contributed by atoms with Gasteiger partial charge >= 0.3 is 0 Å². The first-order chi connectivity index (χ1) is 11.6. The summed E-state index contributed by atoms with van der Waals surface area (Å²) in [5, 5.41) is 7.60. The minimum Gasteiger partial charge on any atom is -0.342 e. The van der Waals surface area contributed by atoms with Crippen LogP contribution in [0.4, 0.5) is 0 Å². The molecule has 2 fully saturated rings. The highest BCUT2D eigenvalue weighted by Crippen LogP contribution is 2.41. The molecule has 0 saturated carbocycles. The van der Waals surface area contributed by atoms with Crippen LogP contribution < -0.4 is 0 Å². The second kappa shape index (κ2) is 5.58. The van der Waals surface area contributed by atoms with Crippen molar-refractivity contribution in [2.75, 3.05) is 26.2 Å². The van der Waals surface area contributed by atoms with Crippen LogP contribution >= 0.6 is 0 Å². The summed E-state index contributed by atoms with van der Waals surface area (Å²) in [6.07, 6.45) is 4.26. The maximum Gasteiger partial charge on any atom is 0.272 e. The number of hydrogen-bond acceptors (Lipinski definition) is 4. The number of carbonyl (C=O) groups excluding carboxylic acids is 2. The lowest BCUT2D eigenvalue weighted by Gasteiger charge is -2.23. The molecule has 4 heterocycles. The van der Waals surface area contributed by atoms with Crippen LogP contribution in [0.1, 0.15) is 36.7 Å². The Balaban J connectivity index is 1.52. The van der Waals surface area contributed by atoms with E-state index in [1.165, 1.54) is 0 Å². The number of likely N-dealkylation sites (tertiary alicyclic amines) is 2. The Bertz CT molecular complexity index is 801. The third kappa shape index (κ3) is 2.26. The third-order valence-corrected chi connectivity index (χ3v) is 5.26. The molecule has 1 N–H and O–H groups in total. The van der Waals surface area contributed by atoms with Crippen molar-refractivity contribution in [1.82, 2.24) is 25.0 Å². The van der Waals surface area contributed by atoms with Crippen LogP contribution in [0.15, 0.2) is 18.3 Å². The van der Waals surface area contributed by atoms with Crippen LogP contribution in [-0.4, -0.2) is 63.0 Å². The second-order valence-corrected chi connectivity index (χ2v) is 6.80. The first-order valence-electron chi connectivity index (χ1n) is 8.52. The molecule has 0 aliphatic carbocycles. The molecule has 24 heavy (non-hydrogen) atoms. The summed E-state index contributed by atoms with van der Waals surface area (Å²) in [6, 6.07) is 3.57. The number of hydrogen-bond donors (Lipinski definition) is 1. The topological polar surface area (TPSA) is 82.2 Å². The van der Waals surface area contributed by atoms with Crippen molar-refractivity contribution in [2.45, 2.75) is 26.2 Å². The summed E-state index contributed by atoms with van der Waals surface area (Å²) in [4.78, 5) is 33.6. The minimum atomic E-state index is -0.372. The fourth-order valence-corrected chi connectivity index (χ4v) is 3.91. The summed E-state index contributed by atoms with van der Waals surface area (Å²) in [5.41, 5.74) is 0.642. The van der Waals surface area contributed by atoms with Gasteiger partial charge in [-0.3, -0.25) is 14.7 Å². The summed E-state index contributed by atoms with van der Waals surface area (Å²) in [7, 11) is 0. The van der Waals surface area contributed by atoms with Crippen molar-refractivity contribution in [1.29, 1.82) is 0 Å². The molecule has 0 radical (unpaired) electrons. The van der Waals surface area contributed by atoms with E-state index in [-0.39, 0.29) is 17.2 Å². The molecule has 1 spiro atoms.